The number of nitrogens with zero attached hydrogens (tertiary/aromatic N) is 1. The molecule has 0 fully saturated rings. The van der Waals surface area contributed by atoms with Crippen LogP contribution < -0.4 is 0 Å². The molecule has 2 nitrogen and oxygen atoms in total. The maximum atomic E-state index is 5.82. The Hall–Kier alpha value is -0.860. The average molecular weight is 177 g/mol. The molecule has 1 aliphatic heterocycles. The van der Waals surface area contributed by atoms with Crippen LogP contribution in [0.4, 0.5) is 0 Å². The molecule has 2 atom stereocenters. The van der Waals surface area contributed by atoms with Gasteiger partial charge in [-0.25, -0.2) is 0 Å². The van der Waals surface area contributed by atoms with Crippen molar-refractivity contribution in [2.75, 3.05) is 14.1 Å². The lowest BCUT2D eigenvalue weighted by Crippen LogP contribution is -2.18. The van der Waals surface area contributed by atoms with E-state index in [1.807, 2.05) is 14.1 Å². The van der Waals surface area contributed by atoms with Crippen molar-refractivity contribution in [2.45, 2.75) is 19.3 Å². The van der Waals surface area contributed by atoms with Gasteiger partial charge in [-0.2, -0.15) is 0 Å². The van der Waals surface area contributed by atoms with Crippen molar-refractivity contribution in [1.82, 2.24) is 4.90 Å². The lowest BCUT2D eigenvalue weighted by molar-refractivity contribution is -0.0563. The summed E-state index contributed by atoms with van der Waals surface area (Å²) in [6, 6.07) is 8.42. The van der Waals surface area contributed by atoms with Crippen molar-refractivity contribution in [3.8, 4) is 0 Å². The van der Waals surface area contributed by atoms with Gasteiger partial charge in [-0.05, 0) is 26.6 Å². The zero-order valence-electron chi connectivity index (χ0n) is 8.32. The fraction of sp³-hybridized carbons (Fsp3) is 0.455. The second kappa shape index (κ2) is 3.13. The molecular weight excluding hydrogens is 162 g/mol. The highest BCUT2D eigenvalue weighted by Gasteiger charge is 2.29. The summed E-state index contributed by atoms with van der Waals surface area (Å²) in [6.45, 7) is 2.10. The van der Waals surface area contributed by atoms with Crippen LogP contribution >= 0.6 is 0 Å². The Morgan fingerprint density at radius 3 is 2.38 bits per heavy atom. The number of rotatable bonds is 1. The van der Waals surface area contributed by atoms with Crippen LogP contribution in [-0.2, 0) is 4.74 Å². The molecule has 2 heteroatoms. The van der Waals surface area contributed by atoms with Gasteiger partial charge in [0.25, 0.3) is 0 Å². The molecule has 2 rings (SSSR count). The van der Waals surface area contributed by atoms with E-state index in [0.29, 0.717) is 0 Å². The monoisotopic (exact) mass is 177 g/mol. The van der Waals surface area contributed by atoms with Crippen molar-refractivity contribution in [2.24, 2.45) is 0 Å². The third kappa shape index (κ3) is 1.36. The van der Waals surface area contributed by atoms with E-state index in [-0.39, 0.29) is 12.3 Å². The van der Waals surface area contributed by atoms with E-state index in [4.69, 9.17) is 4.74 Å². The van der Waals surface area contributed by atoms with Crippen molar-refractivity contribution in [3.05, 3.63) is 35.4 Å². The van der Waals surface area contributed by atoms with E-state index in [2.05, 4.69) is 36.1 Å². The minimum atomic E-state index is 0.131. The molecule has 1 aromatic carbocycles. The third-order valence-corrected chi connectivity index (χ3v) is 2.50. The van der Waals surface area contributed by atoms with Crippen LogP contribution in [0.5, 0.6) is 0 Å². The highest BCUT2D eigenvalue weighted by Crippen LogP contribution is 2.39. The molecular formula is C11H15NO. The van der Waals surface area contributed by atoms with Crippen LogP contribution in [-0.4, -0.2) is 19.0 Å². The number of benzene rings is 1. The molecule has 13 heavy (non-hydrogen) atoms. The molecule has 0 saturated carbocycles. The van der Waals surface area contributed by atoms with Gasteiger partial charge in [0.2, 0.25) is 0 Å². The summed E-state index contributed by atoms with van der Waals surface area (Å²) in [4.78, 5) is 2.10. The summed E-state index contributed by atoms with van der Waals surface area (Å²) in [5.74, 6) is 0. The van der Waals surface area contributed by atoms with E-state index >= 15 is 0 Å². The number of ether oxygens (including phenoxy) is 1. The summed E-state index contributed by atoms with van der Waals surface area (Å²) >= 11 is 0. The quantitative estimate of drug-likeness (QED) is 0.652. The fourth-order valence-electron chi connectivity index (χ4n) is 1.85. The second-order valence-corrected chi connectivity index (χ2v) is 3.72. The van der Waals surface area contributed by atoms with Gasteiger partial charge < -0.3 is 4.74 Å². The Morgan fingerprint density at radius 2 is 1.77 bits per heavy atom. The predicted octanol–water partition coefficient (Wildman–Crippen LogP) is 2.34. The van der Waals surface area contributed by atoms with E-state index in [1.165, 1.54) is 11.1 Å². The largest absolute Gasteiger partial charge is 0.351 e. The van der Waals surface area contributed by atoms with Crippen LogP contribution in [0, 0.1) is 0 Å². The highest BCUT2D eigenvalue weighted by molar-refractivity contribution is 5.33. The van der Waals surface area contributed by atoms with Crippen molar-refractivity contribution in [1.29, 1.82) is 0 Å². The molecule has 0 aromatic heterocycles. The molecule has 0 amide bonds. The topological polar surface area (TPSA) is 12.5 Å². The molecule has 1 aliphatic rings. The van der Waals surface area contributed by atoms with E-state index in [1.54, 1.807) is 0 Å². The van der Waals surface area contributed by atoms with Gasteiger partial charge in [-0.3, -0.25) is 4.90 Å². The zero-order chi connectivity index (χ0) is 9.42. The van der Waals surface area contributed by atoms with Crippen LogP contribution in [0.15, 0.2) is 24.3 Å². The minimum Gasteiger partial charge on any atom is -0.351 e. The summed E-state index contributed by atoms with van der Waals surface area (Å²) in [7, 11) is 4.08. The lowest BCUT2D eigenvalue weighted by atomic mass is 10.1. The predicted molar refractivity (Wildman–Crippen MR) is 52.4 cm³/mol. The van der Waals surface area contributed by atoms with Gasteiger partial charge >= 0.3 is 0 Å². The van der Waals surface area contributed by atoms with Crippen molar-refractivity contribution in [3.63, 3.8) is 0 Å². The van der Waals surface area contributed by atoms with Gasteiger partial charge in [0.1, 0.15) is 6.23 Å². The Bertz CT molecular complexity index is 309. The second-order valence-electron chi connectivity index (χ2n) is 3.72. The molecule has 0 N–H and O–H groups in total. The van der Waals surface area contributed by atoms with E-state index < -0.39 is 0 Å². The van der Waals surface area contributed by atoms with Gasteiger partial charge in [0, 0.05) is 5.56 Å². The number of fused-ring (bicyclic) bond motifs is 1. The number of hydrogen-bond donors (Lipinski definition) is 0. The Kier molecular flexibility index (Phi) is 2.10. The third-order valence-electron chi connectivity index (χ3n) is 2.50. The number of hydrogen-bond acceptors (Lipinski definition) is 2. The first kappa shape index (κ1) is 8.73. The van der Waals surface area contributed by atoms with Crippen molar-refractivity contribution < 1.29 is 4.74 Å². The molecule has 0 aliphatic carbocycles. The smallest absolute Gasteiger partial charge is 0.137 e. The summed E-state index contributed by atoms with van der Waals surface area (Å²) in [6.07, 6.45) is 0.356. The SMILES string of the molecule is C[C@H]1OC(N(C)C)c2ccccc21. The standard InChI is InChI=1S/C11H15NO/c1-8-9-6-4-5-7-10(9)11(13-8)12(2)3/h4-8,11H,1-3H3/t8-,11?/m1/s1. The van der Waals surface area contributed by atoms with Crippen LogP contribution in [0.25, 0.3) is 0 Å². The highest BCUT2D eigenvalue weighted by atomic mass is 16.5. The van der Waals surface area contributed by atoms with Gasteiger partial charge in [0.05, 0.1) is 6.10 Å². The molecule has 1 heterocycles. The first-order valence-electron chi connectivity index (χ1n) is 4.61. The first-order valence-corrected chi connectivity index (χ1v) is 4.61. The Morgan fingerprint density at radius 1 is 1.15 bits per heavy atom. The molecule has 0 bridgehead atoms. The maximum absolute atomic E-state index is 5.82. The van der Waals surface area contributed by atoms with Crippen LogP contribution in [0.2, 0.25) is 0 Å². The average Bonchev–Trinajstić information content (AvgIpc) is 2.45. The first-order chi connectivity index (χ1) is 6.20. The molecule has 0 radical (unpaired) electrons. The fourth-order valence-corrected chi connectivity index (χ4v) is 1.85. The molecule has 0 saturated heterocycles. The molecule has 1 unspecified atom stereocenters. The summed E-state index contributed by atoms with van der Waals surface area (Å²) < 4.78 is 5.82. The van der Waals surface area contributed by atoms with Crippen LogP contribution in [0.1, 0.15) is 30.4 Å². The van der Waals surface area contributed by atoms with Gasteiger partial charge in [-0.1, -0.05) is 24.3 Å². The summed E-state index contributed by atoms with van der Waals surface area (Å²) in [5.41, 5.74) is 2.63. The Balaban J connectivity index is 2.41. The van der Waals surface area contributed by atoms with E-state index in [0.717, 1.165) is 0 Å². The molecule has 0 spiro atoms. The molecule has 70 valence electrons. The molecule has 1 aromatic rings. The van der Waals surface area contributed by atoms with E-state index in [9.17, 15) is 0 Å². The van der Waals surface area contributed by atoms with Gasteiger partial charge in [-0.15, -0.1) is 0 Å². The lowest BCUT2D eigenvalue weighted by Gasteiger charge is -2.19. The summed E-state index contributed by atoms with van der Waals surface area (Å²) in [5, 5.41) is 0. The Labute approximate surface area is 79.1 Å². The van der Waals surface area contributed by atoms with Crippen LogP contribution in [0.3, 0.4) is 0 Å². The normalized spacial score (nSPS) is 26.5. The van der Waals surface area contributed by atoms with Gasteiger partial charge in [0.15, 0.2) is 0 Å². The minimum absolute atomic E-state index is 0.131. The van der Waals surface area contributed by atoms with Crippen molar-refractivity contribution >= 4 is 0 Å². The zero-order valence-corrected chi connectivity index (χ0v) is 8.32. The maximum Gasteiger partial charge on any atom is 0.137 e.